The average molecular weight is 318 g/mol. The van der Waals surface area contributed by atoms with Gasteiger partial charge in [-0.2, -0.15) is 0 Å². The molecule has 0 amide bonds. The first-order chi connectivity index (χ1) is 10.5. The van der Waals surface area contributed by atoms with Crippen LogP contribution in [0.5, 0.6) is 0 Å². The minimum absolute atomic E-state index is 0.189. The molecule has 0 bridgehead atoms. The summed E-state index contributed by atoms with van der Waals surface area (Å²) >= 11 is 0. The van der Waals surface area contributed by atoms with Gasteiger partial charge < -0.3 is 9.88 Å². The topological polar surface area (TPSA) is 104 Å². The van der Waals surface area contributed by atoms with E-state index in [0.29, 0.717) is 22.7 Å². The van der Waals surface area contributed by atoms with Crippen molar-refractivity contribution in [3.05, 3.63) is 36.9 Å². The van der Waals surface area contributed by atoms with Crippen molar-refractivity contribution < 1.29 is 8.42 Å². The summed E-state index contributed by atoms with van der Waals surface area (Å²) in [5.74, 6) is 0.613. The number of hydrogen-bond donors (Lipinski definition) is 2. The number of sulfonamides is 1. The summed E-state index contributed by atoms with van der Waals surface area (Å²) in [4.78, 5) is 17.3. The highest BCUT2D eigenvalue weighted by Crippen LogP contribution is 2.27. The number of H-pyrrole nitrogens is 1. The van der Waals surface area contributed by atoms with E-state index >= 15 is 0 Å². The van der Waals surface area contributed by atoms with Gasteiger partial charge in [-0.3, -0.25) is 0 Å². The van der Waals surface area contributed by atoms with Gasteiger partial charge in [-0.15, -0.1) is 0 Å². The van der Waals surface area contributed by atoms with E-state index in [4.69, 9.17) is 0 Å². The highest BCUT2D eigenvalue weighted by atomic mass is 32.2. The second kappa shape index (κ2) is 5.35. The van der Waals surface area contributed by atoms with Crippen LogP contribution in [-0.2, 0) is 10.0 Å². The molecule has 0 fully saturated rings. The number of imidazole rings is 1. The van der Waals surface area contributed by atoms with Gasteiger partial charge >= 0.3 is 0 Å². The number of nitrogens with zero attached hydrogens (tertiary/aromatic N) is 4. The van der Waals surface area contributed by atoms with Gasteiger partial charge in [0, 0.05) is 12.7 Å². The predicted octanol–water partition coefficient (Wildman–Crippen LogP) is 1.03. The number of fused-ring (bicyclic) bond motifs is 1. The zero-order valence-electron chi connectivity index (χ0n) is 12.0. The Morgan fingerprint density at radius 3 is 2.82 bits per heavy atom. The maximum absolute atomic E-state index is 11.9. The van der Waals surface area contributed by atoms with Crippen LogP contribution in [0.1, 0.15) is 0 Å². The monoisotopic (exact) mass is 318 g/mol. The molecule has 3 rings (SSSR count). The van der Waals surface area contributed by atoms with Gasteiger partial charge in [-0.05, 0) is 25.2 Å². The molecule has 9 heteroatoms. The maximum atomic E-state index is 11.9. The van der Waals surface area contributed by atoms with Gasteiger partial charge in [0.2, 0.25) is 10.0 Å². The van der Waals surface area contributed by atoms with Gasteiger partial charge in [-0.1, -0.05) is 6.07 Å². The normalized spacial score (nSPS) is 11.7. The fourth-order valence-corrected chi connectivity index (χ4v) is 2.88. The first kappa shape index (κ1) is 14.4. The van der Waals surface area contributed by atoms with E-state index < -0.39 is 10.0 Å². The number of benzene rings is 1. The fourth-order valence-electron chi connectivity index (χ4n) is 2.11. The first-order valence-electron chi connectivity index (χ1n) is 6.44. The van der Waals surface area contributed by atoms with Crippen LogP contribution in [0.3, 0.4) is 0 Å². The molecular weight excluding hydrogens is 304 g/mol. The molecule has 0 saturated heterocycles. The number of nitrogens with one attached hydrogen (secondary N) is 2. The lowest BCUT2D eigenvalue weighted by Gasteiger charge is -2.19. The summed E-state index contributed by atoms with van der Waals surface area (Å²) in [5.41, 5.74) is 1.92. The Morgan fingerprint density at radius 1 is 1.23 bits per heavy atom. The van der Waals surface area contributed by atoms with Crippen molar-refractivity contribution >= 4 is 32.7 Å². The lowest BCUT2D eigenvalue weighted by atomic mass is 10.3. The van der Waals surface area contributed by atoms with Gasteiger partial charge in [0.1, 0.15) is 11.8 Å². The van der Waals surface area contributed by atoms with Crippen molar-refractivity contribution in [2.75, 3.05) is 19.0 Å². The molecular formula is C13H14N6O2S. The lowest BCUT2D eigenvalue weighted by Crippen LogP contribution is -2.19. The summed E-state index contributed by atoms with van der Waals surface area (Å²) in [6.45, 7) is 0. The molecule has 0 radical (unpaired) electrons. The fraction of sp³-hybridized carbons (Fsp3) is 0.154. The van der Waals surface area contributed by atoms with Crippen LogP contribution < -0.4 is 9.62 Å². The molecule has 0 spiro atoms. The molecule has 22 heavy (non-hydrogen) atoms. The van der Waals surface area contributed by atoms with Crippen molar-refractivity contribution in [3.8, 4) is 0 Å². The predicted molar refractivity (Wildman–Crippen MR) is 82.4 cm³/mol. The Labute approximate surface area is 127 Å². The summed E-state index contributed by atoms with van der Waals surface area (Å²) in [5, 5.41) is 0. The van der Waals surface area contributed by atoms with Crippen LogP contribution in [0, 0.1) is 0 Å². The molecule has 0 aliphatic carbocycles. The van der Waals surface area contributed by atoms with E-state index in [1.165, 1.54) is 19.4 Å². The molecule has 114 valence electrons. The zero-order chi connectivity index (χ0) is 15.7. The molecule has 0 aliphatic heterocycles. The van der Waals surface area contributed by atoms with Crippen molar-refractivity contribution in [2.24, 2.45) is 0 Å². The molecule has 1 aromatic carbocycles. The van der Waals surface area contributed by atoms with Crippen LogP contribution in [0.25, 0.3) is 11.2 Å². The second-order valence-corrected chi connectivity index (χ2v) is 6.45. The van der Waals surface area contributed by atoms with Gasteiger partial charge in [0.15, 0.2) is 11.5 Å². The third-order valence-electron chi connectivity index (χ3n) is 3.30. The van der Waals surface area contributed by atoms with Crippen LogP contribution in [0.2, 0.25) is 0 Å². The van der Waals surface area contributed by atoms with Gasteiger partial charge in [0.05, 0.1) is 11.2 Å². The molecule has 2 N–H and O–H groups in total. The van der Waals surface area contributed by atoms with Crippen molar-refractivity contribution in [1.29, 1.82) is 0 Å². The third kappa shape index (κ3) is 2.40. The SMILES string of the molecule is CNS(=O)(=O)c1cccc(N(C)c2ncnc3nc[nH]c23)c1. The molecule has 0 aliphatic rings. The molecule has 0 unspecified atom stereocenters. The summed E-state index contributed by atoms with van der Waals surface area (Å²) in [6, 6.07) is 6.60. The smallest absolute Gasteiger partial charge is 0.240 e. The Bertz CT molecular complexity index is 921. The molecule has 2 heterocycles. The zero-order valence-corrected chi connectivity index (χ0v) is 12.8. The third-order valence-corrected chi connectivity index (χ3v) is 4.72. The van der Waals surface area contributed by atoms with Crippen LogP contribution in [0.4, 0.5) is 11.5 Å². The van der Waals surface area contributed by atoms with Crippen molar-refractivity contribution in [1.82, 2.24) is 24.7 Å². The Kier molecular flexibility index (Phi) is 3.51. The van der Waals surface area contributed by atoms with Crippen LogP contribution >= 0.6 is 0 Å². The van der Waals surface area contributed by atoms with Gasteiger partial charge in [-0.25, -0.2) is 28.1 Å². The van der Waals surface area contributed by atoms with E-state index in [1.807, 2.05) is 0 Å². The summed E-state index contributed by atoms with van der Waals surface area (Å²) in [7, 11) is -0.319. The van der Waals surface area contributed by atoms with E-state index in [-0.39, 0.29) is 4.90 Å². The number of hydrogen-bond acceptors (Lipinski definition) is 6. The summed E-state index contributed by atoms with van der Waals surface area (Å²) < 4.78 is 26.1. The highest BCUT2D eigenvalue weighted by Gasteiger charge is 2.16. The second-order valence-electron chi connectivity index (χ2n) is 4.56. The van der Waals surface area contributed by atoms with E-state index in [9.17, 15) is 8.42 Å². The quantitative estimate of drug-likeness (QED) is 0.744. The van der Waals surface area contributed by atoms with Crippen LogP contribution in [0.15, 0.2) is 41.8 Å². The number of aromatic nitrogens is 4. The molecule has 8 nitrogen and oxygen atoms in total. The largest absolute Gasteiger partial charge is 0.340 e. The summed E-state index contributed by atoms with van der Waals surface area (Å²) in [6.07, 6.45) is 2.96. The van der Waals surface area contributed by atoms with E-state index in [2.05, 4.69) is 24.7 Å². The number of aromatic amines is 1. The van der Waals surface area contributed by atoms with E-state index in [0.717, 1.165) is 0 Å². The number of rotatable bonds is 4. The molecule has 0 atom stereocenters. The van der Waals surface area contributed by atoms with Crippen molar-refractivity contribution in [3.63, 3.8) is 0 Å². The molecule has 3 aromatic rings. The number of anilines is 2. The highest BCUT2D eigenvalue weighted by molar-refractivity contribution is 7.89. The molecule has 0 saturated carbocycles. The van der Waals surface area contributed by atoms with E-state index in [1.54, 1.807) is 36.5 Å². The standard InChI is InChI=1S/C13H14N6O2S/c1-14-22(20,21)10-5-3-4-9(6-10)19(2)13-11-12(16-7-15-11)17-8-18-13/h3-8,14H,1-2H3,(H,15,16,17,18). The van der Waals surface area contributed by atoms with Crippen LogP contribution in [-0.4, -0.2) is 42.4 Å². The average Bonchev–Trinajstić information content (AvgIpc) is 3.03. The minimum atomic E-state index is -3.50. The Balaban J connectivity index is 2.08. The van der Waals surface area contributed by atoms with Crippen molar-refractivity contribution in [2.45, 2.75) is 4.90 Å². The first-order valence-corrected chi connectivity index (χ1v) is 7.92. The lowest BCUT2D eigenvalue weighted by molar-refractivity contribution is 0.588. The maximum Gasteiger partial charge on any atom is 0.240 e. The minimum Gasteiger partial charge on any atom is -0.340 e. The van der Waals surface area contributed by atoms with Gasteiger partial charge in [0.25, 0.3) is 0 Å². The Hall–Kier alpha value is -2.52. The molecule has 2 aromatic heterocycles. The Morgan fingerprint density at radius 2 is 2.05 bits per heavy atom.